The molecule has 5 heteroatoms. The standard InChI is InChI=1S/C11H23O4P/c1-4-11(12)9-7-8-10-16(13,14-5-2)15-6-3/h4-10H2,1-3H3. The molecule has 0 unspecified atom stereocenters. The Bertz CT molecular complexity index is 230. The second-order valence-corrected chi connectivity index (χ2v) is 5.70. The van der Waals surface area contributed by atoms with Crippen LogP contribution in [-0.4, -0.2) is 25.2 Å². The molecule has 0 aromatic heterocycles. The van der Waals surface area contributed by atoms with E-state index in [2.05, 4.69) is 0 Å². The third-order valence-corrected chi connectivity index (χ3v) is 4.35. The molecule has 0 aromatic carbocycles. The molecule has 0 amide bonds. The van der Waals surface area contributed by atoms with Crippen molar-refractivity contribution in [3.05, 3.63) is 0 Å². The van der Waals surface area contributed by atoms with Crippen LogP contribution < -0.4 is 0 Å². The summed E-state index contributed by atoms with van der Waals surface area (Å²) in [6, 6.07) is 0. The highest BCUT2D eigenvalue weighted by molar-refractivity contribution is 7.53. The number of rotatable bonds is 10. The van der Waals surface area contributed by atoms with Crippen molar-refractivity contribution < 1.29 is 18.4 Å². The van der Waals surface area contributed by atoms with Gasteiger partial charge >= 0.3 is 7.60 Å². The van der Waals surface area contributed by atoms with Crippen molar-refractivity contribution in [1.82, 2.24) is 0 Å². The fourth-order valence-corrected chi connectivity index (χ4v) is 3.09. The Balaban J connectivity index is 3.85. The summed E-state index contributed by atoms with van der Waals surface area (Å²) in [4.78, 5) is 11.1. The first-order valence-corrected chi connectivity index (χ1v) is 7.70. The van der Waals surface area contributed by atoms with Crippen molar-refractivity contribution in [1.29, 1.82) is 0 Å². The molecule has 0 spiro atoms. The van der Waals surface area contributed by atoms with Crippen LogP contribution in [0, 0.1) is 0 Å². The number of unbranched alkanes of at least 4 members (excludes halogenated alkanes) is 1. The first-order chi connectivity index (χ1) is 7.58. The van der Waals surface area contributed by atoms with Crippen molar-refractivity contribution in [3.63, 3.8) is 0 Å². The number of ketones is 1. The molecule has 16 heavy (non-hydrogen) atoms. The van der Waals surface area contributed by atoms with Gasteiger partial charge in [-0.25, -0.2) is 0 Å². The molecule has 0 aromatic rings. The number of carbonyl (C=O) groups is 1. The maximum Gasteiger partial charge on any atom is 0.330 e. The van der Waals surface area contributed by atoms with Gasteiger partial charge < -0.3 is 9.05 Å². The van der Waals surface area contributed by atoms with E-state index in [-0.39, 0.29) is 5.78 Å². The summed E-state index contributed by atoms with van der Waals surface area (Å²) in [6.45, 7) is 6.24. The van der Waals surface area contributed by atoms with Gasteiger partial charge in [0.2, 0.25) is 0 Å². The molecule has 0 saturated carbocycles. The Hall–Kier alpha value is -0.180. The number of hydrogen-bond donors (Lipinski definition) is 0. The van der Waals surface area contributed by atoms with Crippen LogP contribution in [0.5, 0.6) is 0 Å². The van der Waals surface area contributed by atoms with Crippen LogP contribution in [0.15, 0.2) is 0 Å². The Morgan fingerprint density at radius 3 is 2.06 bits per heavy atom. The molecule has 0 fully saturated rings. The van der Waals surface area contributed by atoms with Crippen LogP contribution in [0.4, 0.5) is 0 Å². The van der Waals surface area contributed by atoms with Crippen molar-refractivity contribution >= 4 is 13.4 Å². The minimum atomic E-state index is -2.90. The molecular formula is C11H23O4P. The van der Waals surface area contributed by atoms with E-state index in [1.807, 2.05) is 6.92 Å². The minimum absolute atomic E-state index is 0.252. The average molecular weight is 250 g/mol. The third-order valence-electron chi connectivity index (χ3n) is 2.18. The van der Waals surface area contributed by atoms with Gasteiger partial charge in [0.1, 0.15) is 5.78 Å². The van der Waals surface area contributed by atoms with Crippen LogP contribution in [0.25, 0.3) is 0 Å². The Kier molecular flexibility index (Phi) is 8.81. The first kappa shape index (κ1) is 15.8. The van der Waals surface area contributed by atoms with Crippen LogP contribution in [-0.2, 0) is 18.4 Å². The number of carbonyl (C=O) groups excluding carboxylic acids is 1. The van der Waals surface area contributed by atoms with Gasteiger partial charge in [-0.2, -0.15) is 0 Å². The molecule has 0 N–H and O–H groups in total. The second kappa shape index (κ2) is 8.91. The highest BCUT2D eigenvalue weighted by Crippen LogP contribution is 2.48. The summed E-state index contributed by atoms with van der Waals surface area (Å²) < 4.78 is 22.3. The summed E-state index contributed by atoms with van der Waals surface area (Å²) in [5.41, 5.74) is 0. The predicted octanol–water partition coefficient (Wildman–Crippen LogP) is 3.40. The number of hydrogen-bond acceptors (Lipinski definition) is 4. The van der Waals surface area contributed by atoms with E-state index in [0.717, 1.165) is 6.42 Å². The average Bonchev–Trinajstić information content (AvgIpc) is 2.25. The van der Waals surface area contributed by atoms with Gasteiger partial charge in [0.15, 0.2) is 0 Å². The molecule has 0 atom stereocenters. The van der Waals surface area contributed by atoms with E-state index >= 15 is 0 Å². The quantitative estimate of drug-likeness (QED) is 0.440. The predicted molar refractivity (Wildman–Crippen MR) is 64.9 cm³/mol. The zero-order valence-corrected chi connectivity index (χ0v) is 11.4. The molecule has 0 bridgehead atoms. The largest absolute Gasteiger partial charge is 0.330 e. The summed E-state index contributed by atoms with van der Waals surface area (Å²) in [5, 5.41) is 0. The smallest absolute Gasteiger partial charge is 0.309 e. The molecule has 4 nitrogen and oxygen atoms in total. The summed E-state index contributed by atoms with van der Waals surface area (Å²) in [6.07, 6.45) is 3.02. The molecule has 0 saturated heterocycles. The highest BCUT2D eigenvalue weighted by atomic mass is 31.2. The molecule has 0 aliphatic heterocycles. The van der Waals surface area contributed by atoms with Crippen LogP contribution in [0.3, 0.4) is 0 Å². The third kappa shape index (κ3) is 7.15. The van der Waals surface area contributed by atoms with E-state index in [1.54, 1.807) is 13.8 Å². The van der Waals surface area contributed by atoms with Gasteiger partial charge in [-0.15, -0.1) is 0 Å². The Morgan fingerprint density at radius 2 is 1.62 bits per heavy atom. The first-order valence-electron chi connectivity index (χ1n) is 5.97. The lowest BCUT2D eigenvalue weighted by Crippen LogP contribution is -2.01. The monoisotopic (exact) mass is 250 g/mol. The zero-order valence-electron chi connectivity index (χ0n) is 10.5. The fraction of sp³-hybridized carbons (Fsp3) is 0.909. The molecular weight excluding hydrogens is 227 g/mol. The topological polar surface area (TPSA) is 52.6 Å². The molecule has 0 aliphatic carbocycles. The lowest BCUT2D eigenvalue weighted by Gasteiger charge is -2.16. The molecule has 0 radical (unpaired) electrons. The Labute approximate surface area is 98.2 Å². The van der Waals surface area contributed by atoms with Crippen molar-refractivity contribution in [2.45, 2.75) is 46.5 Å². The van der Waals surface area contributed by atoms with Crippen molar-refractivity contribution in [3.8, 4) is 0 Å². The normalized spacial score (nSPS) is 11.7. The van der Waals surface area contributed by atoms with Gasteiger partial charge in [0, 0.05) is 12.8 Å². The fourth-order valence-electron chi connectivity index (χ4n) is 1.36. The van der Waals surface area contributed by atoms with E-state index in [9.17, 15) is 9.36 Å². The van der Waals surface area contributed by atoms with E-state index in [1.165, 1.54) is 0 Å². The zero-order chi connectivity index (χ0) is 12.4. The van der Waals surface area contributed by atoms with Crippen LogP contribution >= 0.6 is 7.60 Å². The van der Waals surface area contributed by atoms with Gasteiger partial charge in [-0.05, 0) is 26.7 Å². The van der Waals surface area contributed by atoms with Gasteiger partial charge in [0.25, 0.3) is 0 Å². The van der Waals surface area contributed by atoms with Gasteiger partial charge in [-0.3, -0.25) is 9.36 Å². The molecule has 0 aliphatic rings. The molecule has 0 heterocycles. The summed E-state index contributed by atoms with van der Waals surface area (Å²) in [5.74, 6) is 0.252. The van der Waals surface area contributed by atoms with E-state index < -0.39 is 7.60 Å². The van der Waals surface area contributed by atoms with E-state index in [0.29, 0.717) is 38.6 Å². The molecule has 96 valence electrons. The minimum Gasteiger partial charge on any atom is -0.309 e. The number of Topliss-reactive ketones (excluding diaryl/α,β-unsaturated/α-hetero) is 1. The van der Waals surface area contributed by atoms with Gasteiger partial charge in [0.05, 0.1) is 19.4 Å². The van der Waals surface area contributed by atoms with Crippen molar-refractivity contribution in [2.75, 3.05) is 19.4 Å². The lowest BCUT2D eigenvalue weighted by atomic mass is 10.1. The lowest BCUT2D eigenvalue weighted by molar-refractivity contribution is -0.118. The van der Waals surface area contributed by atoms with E-state index in [4.69, 9.17) is 9.05 Å². The van der Waals surface area contributed by atoms with Crippen molar-refractivity contribution in [2.24, 2.45) is 0 Å². The summed E-state index contributed by atoms with van der Waals surface area (Å²) >= 11 is 0. The maximum atomic E-state index is 12.0. The van der Waals surface area contributed by atoms with Crippen LogP contribution in [0.2, 0.25) is 0 Å². The van der Waals surface area contributed by atoms with Gasteiger partial charge in [-0.1, -0.05) is 6.92 Å². The Morgan fingerprint density at radius 1 is 1.06 bits per heavy atom. The molecule has 0 rings (SSSR count). The highest BCUT2D eigenvalue weighted by Gasteiger charge is 2.22. The second-order valence-electron chi connectivity index (χ2n) is 3.52. The summed E-state index contributed by atoms with van der Waals surface area (Å²) in [7, 11) is -2.90. The maximum absolute atomic E-state index is 12.0. The van der Waals surface area contributed by atoms with Crippen LogP contribution in [0.1, 0.15) is 46.5 Å². The SMILES string of the molecule is CCOP(=O)(CCCCC(=O)CC)OCC.